The largest absolute Gasteiger partial charge is 0.351 e. The Morgan fingerprint density at radius 3 is 2.84 bits per heavy atom. The number of fused-ring (bicyclic) bond motifs is 3. The first-order valence-electron chi connectivity index (χ1n) is 11.3. The lowest BCUT2D eigenvalue weighted by atomic mass is 9.85. The Hall–Kier alpha value is -2.67. The average molecular weight is 454 g/mol. The van der Waals surface area contributed by atoms with Gasteiger partial charge in [-0.05, 0) is 60.9 Å². The molecule has 2 aliphatic rings. The highest BCUT2D eigenvalue weighted by Crippen LogP contribution is 2.36. The highest BCUT2D eigenvalue weighted by atomic mass is 32.1. The van der Waals surface area contributed by atoms with Crippen LogP contribution in [0.5, 0.6) is 0 Å². The molecule has 2 amide bonds. The monoisotopic (exact) mass is 453 g/mol. The molecule has 0 radical (unpaired) electrons. The molecule has 7 heteroatoms. The molecular formula is C25H28FN3O2S. The van der Waals surface area contributed by atoms with E-state index in [1.165, 1.54) is 18.6 Å². The first-order valence-corrected chi connectivity index (χ1v) is 12.2. The minimum absolute atomic E-state index is 0.117. The highest BCUT2D eigenvalue weighted by molar-refractivity contribution is 7.17. The molecule has 0 saturated heterocycles. The fourth-order valence-corrected chi connectivity index (χ4v) is 6.02. The van der Waals surface area contributed by atoms with Crippen molar-refractivity contribution in [3.8, 4) is 0 Å². The van der Waals surface area contributed by atoms with Crippen molar-refractivity contribution >= 4 is 33.4 Å². The minimum Gasteiger partial charge on any atom is -0.351 e. The minimum atomic E-state index is -1.08. The van der Waals surface area contributed by atoms with Crippen molar-refractivity contribution in [1.82, 2.24) is 14.8 Å². The number of carbonyl (C=O) groups excluding carboxylic acids is 2. The number of thiophene rings is 1. The average Bonchev–Trinajstić information content (AvgIpc) is 3.35. The van der Waals surface area contributed by atoms with Gasteiger partial charge in [0.15, 0.2) is 0 Å². The van der Waals surface area contributed by atoms with Gasteiger partial charge in [0.2, 0.25) is 5.91 Å². The summed E-state index contributed by atoms with van der Waals surface area (Å²) in [6.45, 7) is 4.58. The van der Waals surface area contributed by atoms with Crippen molar-refractivity contribution in [2.24, 2.45) is 5.92 Å². The summed E-state index contributed by atoms with van der Waals surface area (Å²) >= 11 is 1.59. The Bertz CT molecular complexity index is 1190. The summed E-state index contributed by atoms with van der Waals surface area (Å²) in [5.74, 6) is -0.266. The van der Waals surface area contributed by atoms with E-state index in [9.17, 15) is 14.0 Å². The number of hydrogen-bond acceptors (Lipinski definition) is 3. The fourth-order valence-electron chi connectivity index (χ4n) is 5.19. The number of nitrogens with zero attached hydrogens (tertiary/aromatic N) is 2. The maximum Gasteiger partial charge on any atom is 0.271 e. The highest BCUT2D eigenvalue weighted by Gasteiger charge is 2.48. The van der Waals surface area contributed by atoms with Crippen LogP contribution in [0.2, 0.25) is 0 Å². The van der Waals surface area contributed by atoms with Gasteiger partial charge in [-0.25, -0.2) is 4.39 Å². The SMILES string of the molecule is C[C@@H]1CCCC[C@@H]1NC(=O)[C@@]1(C)Cn2c(cc3sccc32)C(=O)N1Cc1cccc(F)c1. The van der Waals surface area contributed by atoms with Gasteiger partial charge in [-0.1, -0.05) is 31.9 Å². The van der Waals surface area contributed by atoms with Gasteiger partial charge in [0.05, 0.1) is 16.8 Å². The normalized spacial score (nSPS) is 25.7. The standard InChI is InChI=1S/C25H28FN3O2S/c1-16-6-3-4-9-19(16)27-24(31)25(2)15-28-20-10-11-32-22(20)13-21(28)23(30)29(25)14-17-7-5-8-18(26)12-17/h5,7-8,10-13,16,19H,3-4,6,9,14-15H2,1-2H3,(H,27,31)/t16-,19+,25-/m1/s1. The molecule has 1 N–H and O–H groups in total. The van der Waals surface area contributed by atoms with E-state index in [2.05, 4.69) is 12.2 Å². The maximum atomic E-state index is 13.9. The van der Waals surface area contributed by atoms with Gasteiger partial charge in [0, 0.05) is 12.6 Å². The van der Waals surface area contributed by atoms with Crippen LogP contribution in [-0.4, -0.2) is 32.9 Å². The first kappa shape index (κ1) is 21.2. The van der Waals surface area contributed by atoms with Gasteiger partial charge in [0.1, 0.15) is 17.1 Å². The zero-order valence-electron chi connectivity index (χ0n) is 18.4. The predicted molar refractivity (Wildman–Crippen MR) is 124 cm³/mol. The Labute approximate surface area is 191 Å². The molecule has 32 heavy (non-hydrogen) atoms. The second-order valence-corrected chi connectivity index (χ2v) is 10.4. The van der Waals surface area contributed by atoms with E-state index in [-0.39, 0.29) is 30.2 Å². The summed E-state index contributed by atoms with van der Waals surface area (Å²) in [7, 11) is 0. The number of rotatable bonds is 4. The summed E-state index contributed by atoms with van der Waals surface area (Å²) in [6.07, 6.45) is 4.36. The van der Waals surface area contributed by atoms with Crippen LogP contribution in [0, 0.1) is 11.7 Å². The number of benzene rings is 1. The van der Waals surface area contributed by atoms with Crippen LogP contribution in [-0.2, 0) is 17.9 Å². The molecule has 3 aromatic rings. The molecule has 5 rings (SSSR count). The van der Waals surface area contributed by atoms with Gasteiger partial charge in [-0.2, -0.15) is 0 Å². The van der Waals surface area contributed by atoms with Crippen LogP contribution >= 0.6 is 11.3 Å². The molecule has 1 fully saturated rings. The summed E-state index contributed by atoms with van der Waals surface area (Å²) in [5, 5.41) is 5.28. The Morgan fingerprint density at radius 2 is 2.06 bits per heavy atom. The lowest BCUT2D eigenvalue weighted by Gasteiger charge is -2.45. The van der Waals surface area contributed by atoms with Crippen LogP contribution in [0.3, 0.4) is 0 Å². The van der Waals surface area contributed by atoms with Gasteiger partial charge in [-0.3, -0.25) is 9.59 Å². The van der Waals surface area contributed by atoms with Crippen LogP contribution in [0.25, 0.3) is 10.2 Å². The van der Waals surface area contributed by atoms with Crippen molar-refractivity contribution in [2.45, 2.75) is 64.2 Å². The molecule has 3 heterocycles. The van der Waals surface area contributed by atoms with Gasteiger partial charge < -0.3 is 14.8 Å². The number of halogens is 1. The molecule has 1 saturated carbocycles. The summed E-state index contributed by atoms with van der Waals surface area (Å²) in [4.78, 5) is 29.1. The molecule has 168 valence electrons. The fraction of sp³-hybridized carbons (Fsp3) is 0.440. The molecule has 0 spiro atoms. The summed E-state index contributed by atoms with van der Waals surface area (Å²) in [6, 6.07) is 10.3. The number of nitrogens with one attached hydrogen (secondary N) is 1. The molecule has 1 aliphatic heterocycles. The first-order chi connectivity index (χ1) is 15.4. The zero-order chi connectivity index (χ0) is 22.5. The number of hydrogen-bond donors (Lipinski definition) is 1. The second-order valence-electron chi connectivity index (χ2n) is 9.42. The van der Waals surface area contributed by atoms with Crippen LogP contribution in [0.1, 0.15) is 55.6 Å². The van der Waals surface area contributed by atoms with Crippen molar-refractivity contribution in [1.29, 1.82) is 0 Å². The second kappa shape index (κ2) is 8.03. The van der Waals surface area contributed by atoms with Crippen LogP contribution in [0.15, 0.2) is 41.8 Å². The number of aromatic nitrogens is 1. The Morgan fingerprint density at radius 1 is 1.25 bits per heavy atom. The molecule has 5 nitrogen and oxygen atoms in total. The van der Waals surface area contributed by atoms with E-state index in [0.717, 1.165) is 29.5 Å². The summed E-state index contributed by atoms with van der Waals surface area (Å²) in [5.41, 5.74) is 1.15. The molecule has 1 aliphatic carbocycles. The molecule has 0 bridgehead atoms. The van der Waals surface area contributed by atoms with E-state index >= 15 is 0 Å². The number of carbonyl (C=O) groups is 2. The maximum absolute atomic E-state index is 13.9. The van der Waals surface area contributed by atoms with Crippen molar-refractivity contribution in [2.75, 3.05) is 0 Å². The van der Waals surface area contributed by atoms with Crippen LogP contribution in [0.4, 0.5) is 4.39 Å². The number of amides is 2. The third kappa shape index (κ3) is 3.52. The van der Waals surface area contributed by atoms with Crippen LogP contribution < -0.4 is 5.32 Å². The van der Waals surface area contributed by atoms with Crippen molar-refractivity contribution < 1.29 is 14.0 Å². The lowest BCUT2D eigenvalue weighted by molar-refractivity contribution is -0.134. The van der Waals surface area contributed by atoms with Gasteiger partial charge in [0.25, 0.3) is 5.91 Å². The van der Waals surface area contributed by atoms with E-state index in [4.69, 9.17) is 0 Å². The zero-order valence-corrected chi connectivity index (χ0v) is 19.3. The van der Waals surface area contributed by atoms with Crippen molar-refractivity contribution in [3.63, 3.8) is 0 Å². The van der Waals surface area contributed by atoms with E-state index in [1.807, 2.05) is 29.0 Å². The molecule has 1 aromatic carbocycles. The quantitative estimate of drug-likeness (QED) is 0.608. The van der Waals surface area contributed by atoms with Crippen molar-refractivity contribution in [3.05, 3.63) is 58.9 Å². The lowest BCUT2D eigenvalue weighted by Crippen LogP contribution is -2.65. The summed E-state index contributed by atoms with van der Waals surface area (Å²) < 4.78 is 16.9. The van der Waals surface area contributed by atoms with E-state index < -0.39 is 5.54 Å². The van der Waals surface area contributed by atoms with E-state index in [1.54, 1.807) is 28.4 Å². The molecule has 2 aromatic heterocycles. The third-order valence-electron chi connectivity index (χ3n) is 7.20. The Balaban J connectivity index is 1.53. The van der Waals surface area contributed by atoms with E-state index in [0.29, 0.717) is 23.7 Å². The third-order valence-corrected chi connectivity index (χ3v) is 8.05. The smallest absolute Gasteiger partial charge is 0.271 e. The van der Waals surface area contributed by atoms with Gasteiger partial charge in [-0.15, -0.1) is 11.3 Å². The molecule has 3 atom stereocenters. The molecular weight excluding hydrogens is 425 g/mol. The molecule has 0 unspecified atom stereocenters. The predicted octanol–water partition coefficient (Wildman–Crippen LogP) is 4.95. The topological polar surface area (TPSA) is 54.3 Å². The van der Waals surface area contributed by atoms with Gasteiger partial charge >= 0.3 is 0 Å². The Kier molecular flexibility index (Phi) is 5.32.